The van der Waals surface area contributed by atoms with Crippen molar-refractivity contribution in [3.05, 3.63) is 12.3 Å². The van der Waals surface area contributed by atoms with Crippen LogP contribution in [0.15, 0.2) is 12.3 Å². The van der Waals surface area contributed by atoms with Crippen LogP contribution in [-0.2, 0) is 9.53 Å². The molecule has 0 aliphatic heterocycles. The van der Waals surface area contributed by atoms with E-state index in [4.69, 9.17) is 5.73 Å². The van der Waals surface area contributed by atoms with Crippen molar-refractivity contribution >= 4 is 17.7 Å². The predicted octanol–water partition coefficient (Wildman–Crippen LogP) is -0.356. The van der Waals surface area contributed by atoms with E-state index in [1.807, 2.05) is 0 Å². The van der Waals surface area contributed by atoms with Crippen LogP contribution in [0.25, 0.3) is 0 Å². The van der Waals surface area contributed by atoms with Gasteiger partial charge < -0.3 is 10.5 Å². The van der Waals surface area contributed by atoms with E-state index in [9.17, 15) is 4.79 Å². The first-order chi connectivity index (χ1) is 6.22. The molecule has 1 amide bonds. The Kier molecular flexibility index (Phi) is 3.15. The van der Waals surface area contributed by atoms with Crippen LogP contribution < -0.4 is 11.1 Å². The van der Waals surface area contributed by atoms with Crippen molar-refractivity contribution in [2.24, 2.45) is 0 Å². The molecule has 1 aromatic heterocycles. The van der Waals surface area contributed by atoms with Gasteiger partial charge in [-0.3, -0.25) is 10.1 Å². The van der Waals surface area contributed by atoms with Crippen LogP contribution in [0.3, 0.4) is 0 Å². The fourth-order valence-corrected chi connectivity index (χ4v) is 0.725. The SMILES string of the molecule is COCC(=O)Nc1nccc(N)n1. The molecular weight excluding hydrogens is 172 g/mol. The highest BCUT2D eigenvalue weighted by Crippen LogP contribution is 2.00. The van der Waals surface area contributed by atoms with Crippen LogP contribution in [0.4, 0.5) is 11.8 Å². The summed E-state index contributed by atoms with van der Waals surface area (Å²) in [7, 11) is 1.43. The lowest BCUT2D eigenvalue weighted by Gasteiger charge is -2.01. The minimum atomic E-state index is -0.312. The van der Waals surface area contributed by atoms with Crippen molar-refractivity contribution in [3.8, 4) is 0 Å². The molecule has 0 fully saturated rings. The van der Waals surface area contributed by atoms with Crippen molar-refractivity contribution in [2.45, 2.75) is 0 Å². The van der Waals surface area contributed by atoms with Crippen LogP contribution in [0.5, 0.6) is 0 Å². The normalized spacial score (nSPS) is 9.62. The Morgan fingerprint density at radius 1 is 1.77 bits per heavy atom. The fourth-order valence-electron chi connectivity index (χ4n) is 0.725. The predicted molar refractivity (Wildman–Crippen MR) is 47.0 cm³/mol. The van der Waals surface area contributed by atoms with E-state index in [1.165, 1.54) is 19.4 Å². The van der Waals surface area contributed by atoms with Crippen molar-refractivity contribution in [1.29, 1.82) is 0 Å². The third-order valence-corrected chi connectivity index (χ3v) is 1.20. The minimum absolute atomic E-state index is 0.0296. The molecule has 70 valence electrons. The number of amides is 1. The van der Waals surface area contributed by atoms with Gasteiger partial charge in [0.25, 0.3) is 5.91 Å². The Morgan fingerprint density at radius 2 is 2.54 bits per heavy atom. The molecule has 0 aliphatic rings. The average molecular weight is 182 g/mol. The quantitative estimate of drug-likeness (QED) is 0.666. The van der Waals surface area contributed by atoms with E-state index >= 15 is 0 Å². The molecule has 1 heterocycles. The lowest BCUT2D eigenvalue weighted by Crippen LogP contribution is -2.18. The zero-order chi connectivity index (χ0) is 9.68. The third kappa shape index (κ3) is 3.04. The number of nitrogens with two attached hydrogens (primary N) is 1. The Balaban J connectivity index is 2.58. The summed E-state index contributed by atoms with van der Waals surface area (Å²) in [5.74, 6) is 0.179. The Hall–Kier alpha value is -1.69. The number of anilines is 2. The fraction of sp³-hybridized carbons (Fsp3) is 0.286. The molecule has 0 bridgehead atoms. The summed E-state index contributed by atoms with van der Waals surface area (Å²) in [6, 6.07) is 1.53. The number of carbonyl (C=O) groups is 1. The highest BCUT2D eigenvalue weighted by atomic mass is 16.5. The van der Waals surface area contributed by atoms with Crippen LogP contribution in [0.1, 0.15) is 0 Å². The standard InChI is InChI=1S/C7H10N4O2/c1-13-4-6(12)11-7-9-3-2-5(8)10-7/h2-3H,4H2,1H3,(H3,8,9,10,11,12). The summed E-state index contributed by atoms with van der Waals surface area (Å²) in [5, 5.41) is 2.42. The number of aromatic nitrogens is 2. The first kappa shape index (κ1) is 9.40. The van der Waals surface area contributed by atoms with E-state index in [2.05, 4.69) is 20.0 Å². The topological polar surface area (TPSA) is 90.1 Å². The van der Waals surface area contributed by atoms with E-state index in [0.29, 0.717) is 5.82 Å². The highest BCUT2D eigenvalue weighted by Gasteiger charge is 2.02. The van der Waals surface area contributed by atoms with Gasteiger partial charge in [-0.1, -0.05) is 0 Å². The van der Waals surface area contributed by atoms with E-state index in [0.717, 1.165) is 0 Å². The lowest BCUT2D eigenvalue weighted by atomic mass is 10.6. The van der Waals surface area contributed by atoms with E-state index < -0.39 is 0 Å². The first-order valence-electron chi connectivity index (χ1n) is 3.59. The van der Waals surface area contributed by atoms with Gasteiger partial charge in [0, 0.05) is 13.3 Å². The molecule has 0 spiro atoms. The number of nitrogen functional groups attached to an aromatic ring is 1. The number of carbonyl (C=O) groups excluding carboxylic acids is 1. The summed E-state index contributed by atoms with van der Waals surface area (Å²) < 4.78 is 4.61. The summed E-state index contributed by atoms with van der Waals surface area (Å²) in [6.45, 7) is -0.0296. The largest absolute Gasteiger partial charge is 0.384 e. The van der Waals surface area contributed by atoms with Crippen LogP contribution in [0, 0.1) is 0 Å². The smallest absolute Gasteiger partial charge is 0.252 e. The van der Waals surface area contributed by atoms with Crippen LogP contribution >= 0.6 is 0 Å². The zero-order valence-corrected chi connectivity index (χ0v) is 7.15. The van der Waals surface area contributed by atoms with Crippen molar-refractivity contribution < 1.29 is 9.53 Å². The number of ether oxygens (including phenoxy) is 1. The maximum Gasteiger partial charge on any atom is 0.252 e. The second-order valence-electron chi connectivity index (χ2n) is 2.29. The van der Waals surface area contributed by atoms with E-state index in [-0.39, 0.29) is 18.5 Å². The summed E-state index contributed by atoms with van der Waals surface area (Å²) in [4.78, 5) is 18.5. The van der Waals surface area contributed by atoms with Gasteiger partial charge in [-0.15, -0.1) is 0 Å². The Bertz CT molecular complexity index is 302. The summed E-state index contributed by atoms with van der Waals surface area (Å²) in [5.41, 5.74) is 5.37. The van der Waals surface area contributed by atoms with Gasteiger partial charge >= 0.3 is 0 Å². The Morgan fingerprint density at radius 3 is 3.15 bits per heavy atom. The van der Waals surface area contributed by atoms with Gasteiger partial charge in [-0.25, -0.2) is 4.98 Å². The summed E-state index contributed by atoms with van der Waals surface area (Å²) >= 11 is 0. The number of nitrogens with one attached hydrogen (secondary N) is 1. The van der Waals surface area contributed by atoms with Gasteiger partial charge in [0.2, 0.25) is 5.95 Å². The lowest BCUT2D eigenvalue weighted by molar-refractivity contribution is -0.119. The molecular formula is C7H10N4O2. The molecule has 13 heavy (non-hydrogen) atoms. The molecule has 0 saturated carbocycles. The van der Waals surface area contributed by atoms with Crippen LogP contribution in [-0.4, -0.2) is 29.6 Å². The van der Waals surface area contributed by atoms with E-state index in [1.54, 1.807) is 0 Å². The molecule has 0 aliphatic carbocycles. The molecule has 3 N–H and O–H groups in total. The summed E-state index contributed by atoms with van der Waals surface area (Å²) in [6.07, 6.45) is 1.46. The second kappa shape index (κ2) is 4.36. The number of rotatable bonds is 3. The van der Waals surface area contributed by atoms with Gasteiger partial charge in [0.05, 0.1) is 0 Å². The van der Waals surface area contributed by atoms with Gasteiger partial charge in [-0.2, -0.15) is 4.98 Å². The van der Waals surface area contributed by atoms with Gasteiger partial charge in [0.15, 0.2) is 0 Å². The van der Waals surface area contributed by atoms with Gasteiger partial charge in [0.1, 0.15) is 12.4 Å². The Labute approximate surface area is 75.1 Å². The average Bonchev–Trinajstić information content (AvgIpc) is 2.04. The molecule has 1 aromatic rings. The number of methoxy groups -OCH3 is 1. The second-order valence-corrected chi connectivity index (χ2v) is 2.29. The van der Waals surface area contributed by atoms with Crippen LogP contribution in [0.2, 0.25) is 0 Å². The minimum Gasteiger partial charge on any atom is -0.384 e. The molecule has 1 rings (SSSR count). The molecule has 0 radical (unpaired) electrons. The number of hydrogen-bond acceptors (Lipinski definition) is 5. The molecule has 0 saturated heterocycles. The monoisotopic (exact) mass is 182 g/mol. The molecule has 0 unspecified atom stereocenters. The van der Waals surface area contributed by atoms with Gasteiger partial charge in [-0.05, 0) is 6.07 Å². The maximum absolute atomic E-state index is 11.0. The van der Waals surface area contributed by atoms with Crippen molar-refractivity contribution in [3.63, 3.8) is 0 Å². The molecule has 6 nitrogen and oxygen atoms in total. The van der Waals surface area contributed by atoms with Crippen molar-refractivity contribution in [2.75, 3.05) is 24.8 Å². The number of hydrogen-bond donors (Lipinski definition) is 2. The van der Waals surface area contributed by atoms with Crippen molar-refractivity contribution in [1.82, 2.24) is 9.97 Å². The highest BCUT2D eigenvalue weighted by molar-refractivity contribution is 5.90. The maximum atomic E-state index is 11.0. The molecule has 0 atom stereocenters. The molecule has 0 aromatic carbocycles. The molecule has 6 heteroatoms. The zero-order valence-electron chi connectivity index (χ0n) is 7.15. The number of nitrogens with zero attached hydrogens (tertiary/aromatic N) is 2. The third-order valence-electron chi connectivity index (χ3n) is 1.20. The first-order valence-corrected chi connectivity index (χ1v) is 3.59.